The maximum Gasteiger partial charge on any atom is 0.238 e. The van der Waals surface area contributed by atoms with Crippen LogP contribution in [0.3, 0.4) is 0 Å². The number of benzene rings is 2. The summed E-state index contributed by atoms with van der Waals surface area (Å²) in [5, 5.41) is 1.10. The Morgan fingerprint density at radius 3 is 2.52 bits per heavy atom. The number of hydrogen-bond acceptors (Lipinski definition) is 3. The first kappa shape index (κ1) is 21.5. The zero-order valence-corrected chi connectivity index (χ0v) is 18.2. The number of fused-ring (bicyclic) bond motifs is 1. The summed E-state index contributed by atoms with van der Waals surface area (Å²) in [5.74, 6) is -0.584. The molecule has 0 saturated heterocycles. The van der Waals surface area contributed by atoms with Crippen LogP contribution in [0.25, 0.3) is 10.9 Å². The molecule has 1 aliphatic rings. The zero-order valence-electron chi connectivity index (χ0n) is 17.4. The predicted molar refractivity (Wildman–Crippen MR) is 118 cm³/mol. The predicted octanol–water partition coefficient (Wildman–Crippen LogP) is 3.30. The molecule has 1 N–H and O–H groups in total. The summed E-state index contributed by atoms with van der Waals surface area (Å²) in [6.45, 7) is 0.558. The number of para-hydroxylation sites is 1. The van der Waals surface area contributed by atoms with Gasteiger partial charge >= 0.3 is 0 Å². The lowest BCUT2D eigenvalue weighted by Gasteiger charge is -2.26. The maximum atomic E-state index is 13.3. The number of nitrogens with zero attached hydrogens (tertiary/aromatic N) is 2. The van der Waals surface area contributed by atoms with Gasteiger partial charge in [0.2, 0.25) is 15.9 Å². The van der Waals surface area contributed by atoms with E-state index in [4.69, 9.17) is 0 Å². The second kappa shape index (κ2) is 8.80. The van der Waals surface area contributed by atoms with Crippen molar-refractivity contribution in [3.8, 4) is 0 Å². The van der Waals surface area contributed by atoms with Crippen molar-refractivity contribution in [2.75, 3.05) is 19.3 Å². The first-order valence-corrected chi connectivity index (χ1v) is 12.2. The van der Waals surface area contributed by atoms with Gasteiger partial charge in [0.1, 0.15) is 5.82 Å². The molecule has 1 heterocycles. The second-order valence-corrected chi connectivity index (χ2v) is 10.0. The lowest BCUT2D eigenvalue weighted by Crippen LogP contribution is -2.44. The molecule has 0 unspecified atom stereocenters. The molecular weight excluding hydrogens is 417 g/mol. The van der Waals surface area contributed by atoms with E-state index < -0.39 is 10.0 Å². The van der Waals surface area contributed by atoms with Crippen LogP contribution in [0, 0.1) is 5.82 Å². The number of H-pyrrole nitrogens is 1. The van der Waals surface area contributed by atoms with Crippen molar-refractivity contribution in [2.45, 2.75) is 31.8 Å². The molecule has 8 heteroatoms. The average Bonchev–Trinajstić information content (AvgIpc) is 3.49. The van der Waals surface area contributed by atoms with Gasteiger partial charge < -0.3 is 9.88 Å². The summed E-state index contributed by atoms with van der Waals surface area (Å²) >= 11 is 0. The number of carbonyl (C=O) groups is 1. The van der Waals surface area contributed by atoms with Gasteiger partial charge in [0.25, 0.3) is 0 Å². The molecule has 1 aromatic heterocycles. The zero-order chi connectivity index (χ0) is 22.0. The number of aromatic amines is 1. The molecule has 1 amide bonds. The maximum absolute atomic E-state index is 13.3. The van der Waals surface area contributed by atoms with Crippen LogP contribution >= 0.6 is 0 Å². The van der Waals surface area contributed by atoms with E-state index in [9.17, 15) is 17.6 Å². The molecule has 1 fully saturated rings. The summed E-state index contributed by atoms with van der Waals surface area (Å²) < 4.78 is 38.9. The van der Waals surface area contributed by atoms with Gasteiger partial charge in [0.15, 0.2) is 0 Å². The van der Waals surface area contributed by atoms with Crippen LogP contribution in [-0.4, -0.2) is 53.9 Å². The van der Waals surface area contributed by atoms with Gasteiger partial charge in [-0.1, -0.05) is 30.3 Å². The molecule has 0 bridgehead atoms. The molecule has 2 aromatic carbocycles. The number of aromatic nitrogens is 1. The Morgan fingerprint density at radius 2 is 1.84 bits per heavy atom. The molecule has 0 aliphatic heterocycles. The number of nitrogens with one attached hydrogen (secondary N) is 1. The SMILES string of the molecule is CS(=O)(=O)N(CC(=O)N(CCc1c[nH]c2ccccc12)Cc1ccc(F)cc1)C1CC1. The van der Waals surface area contributed by atoms with E-state index in [0.29, 0.717) is 19.5 Å². The van der Waals surface area contributed by atoms with Gasteiger partial charge in [-0.3, -0.25) is 4.79 Å². The van der Waals surface area contributed by atoms with E-state index in [1.807, 2.05) is 30.5 Å². The van der Waals surface area contributed by atoms with Gasteiger partial charge in [-0.15, -0.1) is 0 Å². The van der Waals surface area contributed by atoms with Gasteiger partial charge in [-0.25, -0.2) is 12.8 Å². The minimum absolute atomic E-state index is 0.0831. The fraction of sp³-hybridized carbons (Fsp3) is 0.348. The van der Waals surface area contributed by atoms with Crippen molar-refractivity contribution < 1.29 is 17.6 Å². The average molecular weight is 444 g/mol. The van der Waals surface area contributed by atoms with Crippen LogP contribution in [0.15, 0.2) is 54.7 Å². The standard InChI is InChI=1S/C23H26FN3O3S/c1-31(29,30)27(20-10-11-20)16-23(28)26(15-17-6-8-19(24)9-7-17)13-12-18-14-25-22-5-3-2-4-21(18)22/h2-9,14,20,25H,10-13,15-16H2,1H3. The number of sulfonamides is 1. The van der Waals surface area contributed by atoms with Crippen LogP contribution in [0.2, 0.25) is 0 Å². The van der Waals surface area contributed by atoms with Gasteiger partial charge in [-0.2, -0.15) is 4.31 Å². The molecule has 0 atom stereocenters. The van der Waals surface area contributed by atoms with Crippen LogP contribution in [0.4, 0.5) is 4.39 Å². The molecule has 0 spiro atoms. The van der Waals surface area contributed by atoms with Crippen molar-refractivity contribution in [3.63, 3.8) is 0 Å². The number of halogens is 1. The topological polar surface area (TPSA) is 73.5 Å². The Bertz CT molecular complexity index is 1170. The Kier molecular flexibility index (Phi) is 6.11. The number of amides is 1. The van der Waals surface area contributed by atoms with Gasteiger partial charge in [-0.05, 0) is 48.6 Å². The lowest BCUT2D eigenvalue weighted by molar-refractivity contribution is -0.132. The highest BCUT2D eigenvalue weighted by Gasteiger charge is 2.37. The minimum atomic E-state index is -3.46. The van der Waals surface area contributed by atoms with Crippen LogP contribution < -0.4 is 0 Å². The highest BCUT2D eigenvalue weighted by molar-refractivity contribution is 7.88. The number of hydrogen-bond donors (Lipinski definition) is 1. The molecule has 3 aromatic rings. The highest BCUT2D eigenvalue weighted by Crippen LogP contribution is 2.29. The monoisotopic (exact) mass is 443 g/mol. The summed E-state index contributed by atoms with van der Waals surface area (Å²) in [4.78, 5) is 18.1. The summed E-state index contributed by atoms with van der Waals surface area (Å²) in [7, 11) is -3.46. The van der Waals surface area contributed by atoms with Crippen molar-refractivity contribution in [2.24, 2.45) is 0 Å². The summed E-state index contributed by atoms with van der Waals surface area (Å²) in [6, 6.07) is 13.9. The Morgan fingerprint density at radius 1 is 1.13 bits per heavy atom. The fourth-order valence-corrected chi connectivity index (χ4v) is 4.91. The van der Waals surface area contributed by atoms with Crippen molar-refractivity contribution in [1.82, 2.24) is 14.2 Å². The molecule has 6 nitrogen and oxygen atoms in total. The quantitative estimate of drug-likeness (QED) is 0.552. The number of carbonyl (C=O) groups excluding carboxylic acids is 1. The Labute approximate surface area is 181 Å². The highest BCUT2D eigenvalue weighted by atomic mass is 32.2. The van der Waals surface area contributed by atoms with E-state index in [-0.39, 0.29) is 24.3 Å². The Hall–Kier alpha value is -2.71. The third-order valence-electron chi connectivity index (χ3n) is 5.64. The van der Waals surface area contributed by atoms with Gasteiger partial charge in [0, 0.05) is 36.2 Å². The summed E-state index contributed by atoms with van der Waals surface area (Å²) in [6.07, 6.45) is 5.29. The molecule has 1 aliphatic carbocycles. The number of rotatable bonds is 9. The van der Waals surface area contributed by atoms with E-state index in [2.05, 4.69) is 4.98 Å². The third kappa shape index (κ3) is 5.32. The second-order valence-electron chi connectivity index (χ2n) is 8.09. The molecule has 0 radical (unpaired) electrons. The largest absolute Gasteiger partial charge is 0.361 e. The normalized spacial score (nSPS) is 14.3. The fourth-order valence-electron chi connectivity index (χ4n) is 3.81. The van der Waals surface area contributed by atoms with Gasteiger partial charge in [0.05, 0.1) is 12.8 Å². The Balaban J connectivity index is 1.53. The molecule has 164 valence electrons. The minimum Gasteiger partial charge on any atom is -0.361 e. The van der Waals surface area contributed by atoms with Crippen LogP contribution in [-0.2, 0) is 27.8 Å². The van der Waals surface area contributed by atoms with Crippen molar-refractivity contribution in [1.29, 1.82) is 0 Å². The molecule has 31 heavy (non-hydrogen) atoms. The van der Waals surface area contributed by atoms with E-state index in [0.717, 1.165) is 41.1 Å². The van der Waals surface area contributed by atoms with E-state index in [1.165, 1.54) is 16.4 Å². The molecular formula is C23H26FN3O3S. The van der Waals surface area contributed by atoms with Crippen LogP contribution in [0.5, 0.6) is 0 Å². The molecule has 4 rings (SSSR count). The first-order valence-electron chi connectivity index (χ1n) is 10.4. The first-order chi connectivity index (χ1) is 14.8. The third-order valence-corrected chi connectivity index (χ3v) is 6.92. The molecule has 1 saturated carbocycles. The van der Waals surface area contributed by atoms with Crippen molar-refractivity contribution in [3.05, 3.63) is 71.7 Å². The van der Waals surface area contributed by atoms with Crippen molar-refractivity contribution >= 4 is 26.8 Å². The van der Waals surface area contributed by atoms with E-state index >= 15 is 0 Å². The summed E-state index contributed by atoms with van der Waals surface area (Å²) in [5.41, 5.74) is 2.92. The lowest BCUT2D eigenvalue weighted by atomic mass is 10.1. The van der Waals surface area contributed by atoms with E-state index in [1.54, 1.807) is 17.0 Å². The smallest absolute Gasteiger partial charge is 0.238 e. The van der Waals surface area contributed by atoms with Crippen LogP contribution in [0.1, 0.15) is 24.0 Å².